The van der Waals surface area contributed by atoms with Crippen LogP contribution in [0.5, 0.6) is 0 Å². The number of nitro benzene ring substituents is 1. The zero-order valence-electron chi connectivity index (χ0n) is 33.0. The maximum absolute atomic E-state index is 14.1. The molecular weight excluding hydrogens is 727 g/mol. The molecule has 2 amide bonds. The number of nitrogens with zero attached hydrogens (tertiary/aromatic N) is 3. The summed E-state index contributed by atoms with van der Waals surface area (Å²) in [4.78, 5) is 42.8. The number of aryl methyl sites for hydroxylation is 1. The summed E-state index contributed by atoms with van der Waals surface area (Å²) in [6.07, 6.45) is 10.9. The molecule has 1 aliphatic heterocycles. The number of benzene rings is 3. The Bertz CT molecular complexity index is 1990. The Morgan fingerprint density at radius 1 is 0.929 bits per heavy atom. The fraction of sp³-hybridized carbons (Fsp3) is 0.545. The number of anilines is 2. The van der Waals surface area contributed by atoms with Gasteiger partial charge in [0.1, 0.15) is 5.69 Å². The molecule has 8 rings (SSSR count). The van der Waals surface area contributed by atoms with Gasteiger partial charge in [-0.2, -0.15) is 0 Å². The van der Waals surface area contributed by atoms with Gasteiger partial charge in [-0.25, -0.2) is 13.1 Å². The van der Waals surface area contributed by atoms with Crippen LogP contribution in [0.15, 0.2) is 77.7 Å². The number of carbonyl (C=O) groups is 2. The second-order valence-corrected chi connectivity index (χ2v) is 19.0. The molecule has 4 atom stereocenters. The molecule has 0 radical (unpaired) electrons. The highest BCUT2D eigenvalue weighted by atomic mass is 32.2. The van der Waals surface area contributed by atoms with Gasteiger partial charge in [-0.1, -0.05) is 70.4 Å². The van der Waals surface area contributed by atoms with Crippen LogP contribution >= 0.6 is 0 Å². The molecule has 11 nitrogen and oxygen atoms in total. The molecule has 12 heteroatoms. The van der Waals surface area contributed by atoms with E-state index < -0.39 is 20.9 Å². The molecule has 5 fully saturated rings. The van der Waals surface area contributed by atoms with Gasteiger partial charge in [-0.3, -0.25) is 19.7 Å². The Hall–Kier alpha value is -4.45. The maximum atomic E-state index is 14.1. The summed E-state index contributed by atoms with van der Waals surface area (Å²) in [5.41, 5.74) is 2.51. The molecule has 1 heterocycles. The van der Waals surface area contributed by atoms with E-state index in [-0.39, 0.29) is 39.8 Å². The van der Waals surface area contributed by atoms with Gasteiger partial charge in [-0.15, -0.1) is 0 Å². The van der Waals surface area contributed by atoms with Crippen LogP contribution in [-0.4, -0.2) is 61.8 Å². The Balaban J connectivity index is 0.972. The minimum atomic E-state index is -4.38. The van der Waals surface area contributed by atoms with Crippen LogP contribution in [0.1, 0.15) is 101 Å². The molecule has 4 aliphatic carbocycles. The van der Waals surface area contributed by atoms with Crippen LogP contribution in [0.4, 0.5) is 17.1 Å². The first-order valence-corrected chi connectivity index (χ1v) is 22.1. The molecule has 3 aromatic carbocycles. The van der Waals surface area contributed by atoms with Crippen LogP contribution < -0.4 is 14.9 Å². The topological polar surface area (TPSA) is 142 Å². The molecule has 1 saturated heterocycles. The van der Waals surface area contributed by atoms with Gasteiger partial charge < -0.3 is 15.1 Å². The van der Waals surface area contributed by atoms with Gasteiger partial charge in [-0.05, 0) is 116 Å². The molecule has 2 N–H and O–H groups in total. The predicted octanol–water partition coefficient (Wildman–Crippen LogP) is 8.21. The van der Waals surface area contributed by atoms with Crippen molar-refractivity contribution in [1.82, 2.24) is 9.62 Å². The molecule has 5 aliphatic rings. The number of carbonyl (C=O) groups excluding carboxylic acids is 2. The summed E-state index contributed by atoms with van der Waals surface area (Å²) in [6.45, 7) is 9.26. The number of fused-ring (bicyclic) bond motifs is 2. The van der Waals surface area contributed by atoms with Crippen molar-refractivity contribution in [3.05, 3.63) is 94.0 Å². The number of sulfonamides is 1. The van der Waals surface area contributed by atoms with Crippen molar-refractivity contribution in [1.29, 1.82) is 0 Å². The van der Waals surface area contributed by atoms with Gasteiger partial charge in [0.2, 0.25) is 5.91 Å². The lowest BCUT2D eigenvalue weighted by atomic mass is 9.44. The minimum absolute atomic E-state index is 0.162. The molecule has 4 saturated carbocycles. The first-order valence-electron chi connectivity index (χ1n) is 20.6. The highest BCUT2D eigenvalue weighted by Gasteiger charge is 2.58. The Labute approximate surface area is 331 Å². The van der Waals surface area contributed by atoms with Crippen molar-refractivity contribution in [3.8, 4) is 0 Å². The van der Waals surface area contributed by atoms with Crippen molar-refractivity contribution in [3.63, 3.8) is 0 Å². The van der Waals surface area contributed by atoms with E-state index in [4.69, 9.17) is 0 Å². The Morgan fingerprint density at radius 2 is 1.62 bits per heavy atom. The molecule has 2 bridgehead atoms. The van der Waals surface area contributed by atoms with Gasteiger partial charge in [0, 0.05) is 55.5 Å². The van der Waals surface area contributed by atoms with Crippen molar-refractivity contribution in [2.24, 2.45) is 29.1 Å². The van der Waals surface area contributed by atoms with Crippen molar-refractivity contribution in [2.45, 2.75) is 108 Å². The second kappa shape index (κ2) is 16.6. The van der Waals surface area contributed by atoms with Crippen molar-refractivity contribution in [2.75, 3.05) is 29.9 Å². The van der Waals surface area contributed by atoms with Crippen molar-refractivity contribution < 1.29 is 22.9 Å². The third-order valence-corrected chi connectivity index (χ3v) is 15.1. The third kappa shape index (κ3) is 8.45. The lowest BCUT2D eigenvalue weighted by Crippen LogP contribution is -2.64. The summed E-state index contributed by atoms with van der Waals surface area (Å²) < 4.78 is 28.6. The standard InChI is InChI=1S/C44H57N5O6S/c1-30-38-26-34(44(38,2)3)27-40(30)48(42(50)21-14-31-10-6-4-7-11-31)36-22-24-47(25-23-36)35-17-15-33(16-18-35)43(51)46-56(54,55)37-19-20-39(41(28-37)49(52)53)45-29-32-12-8-5-9-13-32/h4,6-7,10-11,15-20,28,30,32,34,36,38,40,45H,5,8-9,12-14,21-27,29H2,1-3H3,(H,46,51)/t30-,34+,38+,40+/m1/s1. The minimum Gasteiger partial charge on any atom is -0.379 e. The average Bonchev–Trinajstić information content (AvgIpc) is 3.20. The van der Waals surface area contributed by atoms with Gasteiger partial charge in [0.25, 0.3) is 21.6 Å². The molecule has 300 valence electrons. The van der Waals surface area contributed by atoms with Crippen LogP contribution in [0.25, 0.3) is 0 Å². The van der Waals surface area contributed by atoms with Gasteiger partial charge in [0.15, 0.2) is 0 Å². The summed E-state index contributed by atoms with van der Waals surface area (Å²) in [5, 5.41) is 15.0. The lowest BCUT2D eigenvalue weighted by molar-refractivity contribution is -0.384. The predicted molar refractivity (Wildman–Crippen MR) is 219 cm³/mol. The van der Waals surface area contributed by atoms with E-state index in [0.29, 0.717) is 42.1 Å². The number of nitro groups is 1. The normalized spacial score (nSPS) is 23.8. The van der Waals surface area contributed by atoms with E-state index in [9.17, 15) is 28.1 Å². The summed E-state index contributed by atoms with van der Waals surface area (Å²) in [5.74, 6) is 1.61. The number of hydrogen-bond donors (Lipinski definition) is 2. The van der Waals surface area contributed by atoms with E-state index in [2.05, 4.69) is 52.7 Å². The maximum Gasteiger partial charge on any atom is 0.293 e. The third-order valence-electron chi connectivity index (χ3n) is 13.8. The highest BCUT2D eigenvalue weighted by Crippen LogP contribution is 2.62. The number of piperidine rings is 1. The Morgan fingerprint density at radius 3 is 2.27 bits per heavy atom. The van der Waals surface area contributed by atoms with Crippen molar-refractivity contribution >= 4 is 38.9 Å². The fourth-order valence-electron chi connectivity index (χ4n) is 10.3. The monoisotopic (exact) mass is 783 g/mol. The van der Waals surface area contributed by atoms with E-state index in [0.717, 1.165) is 76.2 Å². The molecule has 0 aromatic heterocycles. The number of amides is 2. The Kier molecular flexibility index (Phi) is 11.8. The summed E-state index contributed by atoms with van der Waals surface area (Å²) >= 11 is 0. The largest absolute Gasteiger partial charge is 0.379 e. The van der Waals surface area contributed by atoms with Gasteiger partial charge in [0.05, 0.1) is 9.82 Å². The molecule has 56 heavy (non-hydrogen) atoms. The number of hydrogen-bond acceptors (Lipinski definition) is 8. The lowest BCUT2D eigenvalue weighted by Gasteiger charge is -2.64. The molecule has 3 aromatic rings. The summed E-state index contributed by atoms with van der Waals surface area (Å²) in [7, 11) is -4.38. The first-order chi connectivity index (χ1) is 26.8. The smallest absolute Gasteiger partial charge is 0.293 e. The second-order valence-electron chi connectivity index (χ2n) is 17.3. The highest BCUT2D eigenvalue weighted by molar-refractivity contribution is 7.90. The molecule has 0 unspecified atom stereocenters. The van der Waals surface area contributed by atoms with E-state index in [1.165, 1.54) is 30.5 Å². The van der Waals surface area contributed by atoms with Crippen LogP contribution in [0.3, 0.4) is 0 Å². The number of rotatable bonds is 13. The SMILES string of the molecule is C[C@H]1[C@@H](N(C(=O)CCc2ccccc2)C2CCN(c3ccc(C(=O)NS(=O)(=O)c4ccc(NCC5CCCCC5)c([N+](=O)[O-])c4)cc3)CC2)C[C@@H]2C[C@@H]1C2(C)C. The van der Waals surface area contributed by atoms with Crippen LogP contribution in [0, 0.1) is 39.2 Å². The molecular formula is C44H57N5O6S. The van der Waals surface area contributed by atoms with E-state index in [1.807, 2.05) is 30.3 Å². The number of nitrogens with one attached hydrogen (secondary N) is 2. The zero-order chi connectivity index (χ0) is 39.6. The van der Waals surface area contributed by atoms with Crippen LogP contribution in [-0.2, 0) is 21.2 Å². The quantitative estimate of drug-likeness (QED) is 0.131. The van der Waals surface area contributed by atoms with E-state index >= 15 is 0 Å². The fourth-order valence-corrected chi connectivity index (χ4v) is 11.3. The van der Waals surface area contributed by atoms with E-state index in [1.54, 1.807) is 12.1 Å². The summed E-state index contributed by atoms with van der Waals surface area (Å²) in [6, 6.07) is 21.2. The zero-order valence-corrected chi connectivity index (χ0v) is 33.8. The van der Waals surface area contributed by atoms with Gasteiger partial charge >= 0.3 is 0 Å². The molecule has 0 spiro atoms. The first kappa shape index (κ1) is 39.8. The van der Waals surface area contributed by atoms with Crippen LogP contribution in [0.2, 0.25) is 0 Å². The average molecular weight is 784 g/mol.